The Labute approximate surface area is 219 Å². The molecule has 1 fully saturated rings. The molecule has 2 N–H and O–H groups in total. The minimum Gasteiger partial charge on any atom is -0.378 e. The zero-order chi connectivity index (χ0) is 24.7. The molecule has 5 rings (SSSR count). The molecule has 3 atom stereocenters. The van der Waals surface area contributed by atoms with E-state index in [1.54, 1.807) is 23.2 Å². The SMILES string of the molecule is C[C@H]1C[C@@H](N2C(=O)C[C@@](C)(c3cccc(-c4cn(-c5cccc(F)c5)nn4)c3Cl)N=C2N)CCO1.Cl. The molecule has 3 aromatic rings. The Morgan fingerprint density at radius 2 is 2.03 bits per heavy atom. The molecule has 0 saturated carbocycles. The molecule has 0 spiro atoms. The van der Waals surface area contributed by atoms with Crippen LogP contribution in [-0.2, 0) is 15.1 Å². The molecule has 1 saturated heterocycles. The van der Waals surface area contributed by atoms with E-state index in [2.05, 4.69) is 10.3 Å². The van der Waals surface area contributed by atoms with Crippen molar-refractivity contribution in [2.75, 3.05) is 6.61 Å². The molecule has 0 aliphatic carbocycles. The number of amides is 1. The first kappa shape index (κ1) is 26.1. The van der Waals surface area contributed by atoms with Crippen LogP contribution in [0, 0.1) is 5.82 Å². The second-order valence-electron chi connectivity index (χ2n) is 9.24. The van der Waals surface area contributed by atoms with Crippen molar-refractivity contribution in [2.45, 2.75) is 50.8 Å². The highest BCUT2D eigenvalue weighted by Crippen LogP contribution is 2.41. The molecule has 1 amide bonds. The first-order chi connectivity index (χ1) is 16.7. The van der Waals surface area contributed by atoms with Gasteiger partial charge in [0.25, 0.3) is 0 Å². The van der Waals surface area contributed by atoms with Crippen LogP contribution >= 0.6 is 24.0 Å². The number of benzene rings is 2. The van der Waals surface area contributed by atoms with E-state index in [0.29, 0.717) is 34.1 Å². The molecule has 36 heavy (non-hydrogen) atoms. The number of aliphatic imine (C=N–C) groups is 1. The number of nitrogens with zero attached hydrogens (tertiary/aromatic N) is 5. The largest absolute Gasteiger partial charge is 0.378 e. The number of carbonyl (C=O) groups excluding carboxylic acids is 1. The summed E-state index contributed by atoms with van der Waals surface area (Å²) in [6, 6.07) is 11.5. The second kappa shape index (κ2) is 10.2. The number of ether oxygens (including phenoxy) is 1. The van der Waals surface area contributed by atoms with Crippen LogP contribution in [0.25, 0.3) is 16.9 Å². The van der Waals surface area contributed by atoms with Gasteiger partial charge in [0.15, 0.2) is 5.96 Å². The third-order valence-electron chi connectivity index (χ3n) is 6.62. The van der Waals surface area contributed by atoms with Crippen molar-refractivity contribution in [1.29, 1.82) is 0 Å². The summed E-state index contributed by atoms with van der Waals surface area (Å²) < 4.78 is 20.7. The van der Waals surface area contributed by atoms with E-state index in [1.165, 1.54) is 16.8 Å². The first-order valence-electron chi connectivity index (χ1n) is 11.5. The fourth-order valence-electron chi connectivity index (χ4n) is 4.89. The maximum atomic E-state index is 13.6. The van der Waals surface area contributed by atoms with Gasteiger partial charge in [-0.15, -0.1) is 17.5 Å². The Hall–Kier alpha value is -3.01. The van der Waals surface area contributed by atoms with Crippen LogP contribution in [0.2, 0.25) is 5.02 Å². The number of aromatic nitrogens is 3. The van der Waals surface area contributed by atoms with E-state index in [9.17, 15) is 9.18 Å². The summed E-state index contributed by atoms with van der Waals surface area (Å²) in [5.41, 5.74) is 7.79. The minimum absolute atomic E-state index is 0. The molecule has 2 aliphatic rings. The molecule has 8 nitrogen and oxygen atoms in total. The van der Waals surface area contributed by atoms with Crippen LogP contribution in [0.1, 0.15) is 38.7 Å². The second-order valence-corrected chi connectivity index (χ2v) is 9.62. The zero-order valence-electron chi connectivity index (χ0n) is 19.9. The third-order valence-corrected chi connectivity index (χ3v) is 7.02. The normalized spacial score (nSPS) is 24.3. The van der Waals surface area contributed by atoms with E-state index >= 15 is 0 Å². The number of hydrogen-bond donors (Lipinski definition) is 1. The molecule has 2 aliphatic heterocycles. The average Bonchev–Trinajstić information content (AvgIpc) is 3.29. The van der Waals surface area contributed by atoms with Crippen LogP contribution in [0.5, 0.6) is 0 Å². The van der Waals surface area contributed by atoms with Gasteiger partial charge in [-0.2, -0.15) is 0 Å². The van der Waals surface area contributed by atoms with Crippen LogP contribution in [0.4, 0.5) is 4.39 Å². The average molecular weight is 533 g/mol. The molecule has 0 radical (unpaired) electrons. The van der Waals surface area contributed by atoms with Crippen molar-refractivity contribution < 1.29 is 13.9 Å². The number of halogens is 3. The molecule has 11 heteroatoms. The topological polar surface area (TPSA) is 98.6 Å². The molecular weight excluding hydrogens is 506 g/mol. The molecular formula is C25H27Cl2FN6O2. The smallest absolute Gasteiger partial charge is 0.232 e. The van der Waals surface area contributed by atoms with Gasteiger partial charge in [-0.3, -0.25) is 9.69 Å². The van der Waals surface area contributed by atoms with Gasteiger partial charge in [0, 0.05) is 18.2 Å². The number of guanidine groups is 1. The van der Waals surface area contributed by atoms with E-state index < -0.39 is 5.54 Å². The lowest BCUT2D eigenvalue weighted by Gasteiger charge is -2.41. The predicted molar refractivity (Wildman–Crippen MR) is 138 cm³/mol. The molecule has 190 valence electrons. The molecule has 2 aromatic carbocycles. The van der Waals surface area contributed by atoms with E-state index in [0.717, 1.165) is 12.8 Å². The lowest BCUT2D eigenvalue weighted by Crippen LogP contribution is -2.56. The van der Waals surface area contributed by atoms with Gasteiger partial charge in [-0.05, 0) is 50.5 Å². The van der Waals surface area contributed by atoms with Gasteiger partial charge < -0.3 is 10.5 Å². The maximum absolute atomic E-state index is 13.6. The maximum Gasteiger partial charge on any atom is 0.232 e. The van der Waals surface area contributed by atoms with Crippen LogP contribution in [0.15, 0.2) is 53.7 Å². The Bertz CT molecular complexity index is 1320. The lowest BCUT2D eigenvalue weighted by molar-refractivity contribution is -0.133. The summed E-state index contributed by atoms with van der Waals surface area (Å²) in [5, 5.41) is 8.77. The summed E-state index contributed by atoms with van der Waals surface area (Å²) >= 11 is 6.86. The molecule has 0 unspecified atom stereocenters. The van der Waals surface area contributed by atoms with Crippen LogP contribution in [0.3, 0.4) is 0 Å². The quantitative estimate of drug-likeness (QED) is 0.534. The van der Waals surface area contributed by atoms with Crippen LogP contribution in [-0.4, -0.2) is 50.5 Å². The Kier molecular flexibility index (Phi) is 7.36. The summed E-state index contributed by atoms with van der Waals surface area (Å²) in [7, 11) is 0. The van der Waals surface area contributed by atoms with E-state index in [1.807, 2.05) is 32.0 Å². The van der Waals surface area contributed by atoms with Crippen molar-refractivity contribution in [3.05, 3.63) is 65.1 Å². The Morgan fingerprint density at radius 3 is 2.75 bits per heavy atom. The fourth-order valence-corrected chi connectivity index (χ4v) is 5.31. The summed E-state index contributed by atoms with van der Waals surface area (Å²) in [5.74, 6) is -0.256. The lowest BCUT2D eigenvalue weighted by atomic mass is 9.85. The predicted octanol–water partition coefficient (Wildman–Crippen LogP) is 4.48. The van der Waals surface area contributed by atoms with Crippen molar-refractivity contribution >= 4 is 35.9 Å². The Balaban J connectivity index is 0.00000304. The summed E-state index contributed by atoms with van der Waals surface area (Å²) in [4.78, 5) is 19.7. The van der Waals surface area contributed by atoms with Gasteiger partial charge in [0.05, 0.1) is 35.0 Å². The number of nitrogens with two attached hydrogens (primary N) is 1. The molecule has 3 heterocycles. The third kappa shape index (κ3) is 4.83. The highest BCUT2D eigenvalue weighted by molar-refractivity contribution is 6.34. The van der Waals surface area contributed by atoms with E-state index in [-0.39, 0.29) is 48.7 Å². The zero-order valence-corrected chi connectivity index (χ0v) is 21.5. The number of carbonyl (C=O) groups is 1. The highest BCUT2D eigenvalue weighted by atomic mass is 35.5. The highest BCUT2D eigenvalue weighted by Gasteiger charge is 2.42. The van der Waals surface area contributed by atoms with Crippen LogP contribution < -0.4 is 5.73 Å². The Morgan fingerprint density at radius 1 is 1.25 bits per heavy atom. The van der Waals surface area contributed by atoms with Crippen molar-refractivity contribution in [3.8, 4) is 16.9 Å². The van der Waals surface area contributed by atoms with E-state index in [4.69, 9.17) is 27.1 Å². The summed E-state index contributed by atoms with van der Waals surface area (Å²) in [6.45, 7) is 4.44. The number of rotatable bonds is 4. The van der Waals surface area contributed by atoms with Crippen molar-refractivity contribution in [1.82, 2.24) is 19.9 Å². The van der Waals surface area contributed by atoms with Gasteiger partial charge in [0.2, 0.25) is 5.91 Å². The van der Waals surface area contributed by atoms with Crippen molar-refractivity contribution in [3.63, 3.8) is 0 Å². The standard InChI is InChI=1S/C25H26ClFN6O2.ClH/c1-15-11-18(9-10-35-15)33-22(34)13-25(2,29-24(33)28)20-8-4-7-19(23(20)26)21-14-32(31-30-21)17-6-3-5-16(27)12-17;/h3-8,12,14-15,18H,9-11,13H2,1-2H3,(H2,28,29);1H/t15-,18-,25-;/m0./s1. The van der Waals surface area contributed by atoms with Gasteiger partial charge >= 0.3 is 0 Å². The monoisotopic (exact) mass is 532 g/mol. The summed E-state index contributed by atoms with van der Waals surface area (Å²) in [6.07, 6.45) is 3.32. The minimum atomic E-state index is -0.930. The van der Waals surface area contributed by atoms with Gasteiger partial charge in [-0.1, -0.05) is 41.1 Å². The van der Waals surface area contributed by atoms with Gasteiger partial charge in [-0.25, -0.2) is 14.1 Å². The van der Waals surface area contributed by atoms with Crippen molar-refractivity contribution in [2.24, 2.45) is 10.7 Å². The fraction of sp³-hybridized carbons (Fsp3) is 0.360. The molecule has 0 bridgehead atoms. The van der Waals surface area contributed by atoms with Gasteiger partial charge in [0.1, 0.15) is 11.5 Å². The number of hydrogen-bond acceptors (Lipinski definition) is 6. The molecule has 1 aromatic heterocycles. The first-order valence-corrected chi connectivity index (χ1v) is 11.9.